The number of rotatable bonds is 6. The summed E-state index contributed by atoms with van der Waals surface area (Å²) in [5, 5.41) is 11.5. The molecule has 0 atom stereocenters. The Morgan fingerprint density at radius 1 is 1.09 bits per heavy atom. The highest BCUT2D eigenvalue weighted by Gasteiger charge is 2.46. The Balaban J connectivity index is 1.46. The first-order valence-electron chi connectivity index (χ1n) is 10.8. The number of amides is 1. The minimum atomic E-state index is -4.07. The van der Waals surface area contributed by atoms with Crippen LogP contribution in [-0.2, 0) is 10.0 Å². The van der Waals surface area contributed by atoms with E-state index in [4.69, 9.17) is 4.74 Å². The Labute approximate surface area is 201 Å². The quantitative estimate of drug-likeness (QED) is 0.334. The molecule has 2 saturated heterocycles. The molecule has 12 heteroatoms. The minimum absolute atomic E-state index is 0.0778. The standard InChI is InChI=1S/C22H25N3O7S2/c1-15(26)18-4-5-19(33-18)21(27)23-10-7-22(8-11-23)9-12-24(14-22)34(30,31)20-6-3-16(32-2)13-17(20)25(28)29/h3-6,13H,7-12,14H2,1-2H3. The topological polar surface area (TPSA) is 127 Å². The summed E-state index contributed by atoms with van der Waals surface area (Å²) < 4.78 is 32.9. The maximum atomic E-state index is 13.3. The zero-order valence-corrected chi connectivity index (χ0v) is 20.5. The van der Waals surface area contributed by atoms with Crippen LogP contribution in [0.25, 0.3) is 0 Å². The van der Waals surface area contributed by atoms with E-state index < -0.39 is 20.6 Å². The number of nitrogens with zero attached hydrogens (tertiary/aromatic N) is 3. The van der Waals surface area contributed by atoms with Gasteiger partial charge in [0.05, 0.1) is 27.9 Å². The van der Waals surface area contributed by atoms with Crippen molar-refractivity contribution in [1.29, 1.82) is 0 Å². The van der Waals surface area contributed by atoms with E-state index >= 15 is 0 Å². The van der Waals surface area contributed by atoms with Gasteiger partial charge in [0.15, 0.2) is 10.7 Å². The third kappa shape index (κ3) is 4.44. The molecule has 182 valence electrons. The first kappa shape index (κ1) is 24.3. The number of sulfonamides is 1. The van der Waals surface area contributed by atoms with E-state index in [1.54, 1.807) is 17.0 Å². The van der Waals surface area contributed by atoms with Gasteiger partial charge in [-0.3, -0.25) is 19.7 Å². The van der Waals surface area contributed by atoms with Gasteiger partial charge in [-0.25, -0.2) is 8.42 Å². The number of hydrogen-bond donors (Lipinski definition) is 0. The van der Waals surface area contributed by atoms with Gasteiger partial charge >= 0.3 is 0 Å². The number of piperidine rings is 1. The number of thiophene rings is 1. The lowest BCUT2D eigenvalue weighted by Crippen LogP contribution is -2.44. The van der Waals surface area contributed by atoms with Gasteiger partial charge in [-0.2, -0.15) is 4.31 Å². The highest BCUT2D eigenvalue weighted by Crippen LogP contribution is 2.43. The monoisotopic (exact) mass is 507 g/mol. The Kier molecular flexibility index (Phi) is 6.49. The van der Waals surface area contributed by atoms with E-state index in [1.807, 2.05) is 0 Å². The Hall–Kier alpha value is -2.83. The maximum absolute atomic E-state index is 13.3. The third-order valence-electron chi connectivity index (χ3n) is 6.66. The molecular weight excluding hydrogens is 482 g/mol. The molecule has 0 aliphatic carbocycles. The Morgan fingerprint density at radius 3 is 2.32 bits per heavy atom. The van der Waals surface area contributed by atoms with Crippen molar-refractivity contribution >= 4 is 38.7 Å². The molecule has 0 N–H and O–H groups in total. The highest BCUT2D eigenvalue weighted by atomic mass is 32.2. The van der Waals surface area contributed by atoms with Crippen molar-refractivity contribution < 1.29 is 27.7 Å². The fourth-order valence-electron chi connectivity index (χ4n) is 4.61. The van der Waals surface area contributed by atoms with E-state index in [9.17, 15) is 28.1 Å². The van der Waals surface area contributed by atoms with Crippen molar-refractivity contribution in [3.8, 4) is 5.75 Å². The van der Waals surface area contributed by atoms with Crippen LogP contribution < -0.4 is 4.74 Å². The molecule has 34 heavy (non-hydrogen) atoms. The lowest BCUT2D eigenvalue weighted by Gasteiger charge is -2.39. The average Bonchev–Trinajstić information content (AvgIpc) is 3.47. The number of benzene rings is 1. The first-order valence-corrected chi connectivity index (χ1v) is 13.0. The van der Waals surface area contributed by atoms with Crippen LogP contribution in [0.5, 0.6) is 5.75 Å². The summed E-state index contributed by atoms with van der Waals surface area (Å²) >= 11 is 1.18. The second kappa shape index (κ2) is 9.08. The lowest BCUT2D eigenvalue weighted by atomic mass is 9.78. The zero-order chi connectivity index (χ0) is 24.7. The van der Waals surface area contributed by atoms with Gasteiger partial charge in [0.2, 0.25) is 10.0 Å². The summed E-state index contributed by atoms with van der Waals surface area (Å²) in [6, 6.07) is 7.06. The number of methoxy groups -OCH3 is 1. The van der Waals surface area contributed by atoms with Gasteiger partial charge in [-0.1, -0.05) is 0 Å². The SMILES string of the molecule is COc1ccc(S(=O)(=O)N2CCC3(CCN(C(=O)c4ccc(C(C)=O)s4)CC3)C2)c([N+](=O)[O-])c1. The van der Waals surface area contributed by atoms with Crippen molar-refractivity contribution in [3.05, 3.63) is 50.2 Å². The molecule has 2 aliphatic rings. The Bertz CT molecular complexity index is 1250. The predicted molar refractivity (Wildman–Crippen MR) is 125 cm³/mol. The van der Waals surface area contributed by atoms with Crippen LogP contribution in [0.2, 0.25) is 0 Å². The van der Waals surface area contributed by atoms with E-state index in [0.717, 1.165) is 6.07 Å². The smallest absolute Gasteiger partial charge is 0.293 e. The number of nitro groups is 1. The van der Waals surface area contributed by atoms with Gasteiger partial charge in [0.1, 0.15) is 5.75 Å². The van der Waals surface area contributed by atoms with Crippen LogP contribution in [0, 0.1) is 15.5 Å². The molecule has 0 unspecified atom stereocenters. The fraction of sp³-hybridized carbons (Fsp3) is 0.455. The maximum Gasteiger partial charge on any atom is 0.293 e. The first-order chi connectivity index (χ1) is 16.1. The van der Waals surface area contributed by atoms with Crippen molar-refractivity contribution in [2.75, 3.05) is 33.3 Å². The van der Waals surface area contributed by atoms with Crippen LogP contribution in [0.1, 0.15) is 45.5 Å². The number of nitro benzene ring substituents is 1. The van der Waals surface area contributed by atoms with Gasteiger partial charge in [-0.05, 0) is 55.9 Å². The number of carbonyl (C=O) groups excluding carboxylic acids is 2. The number of ketones is 1. The highest BCUT2D eigenvalue weighted by molar-refractivity contribution is 7.89. The van der Waals surface area contributed by atoms with E-state index in [0.29, 0.717) is 42.1 Å². The van der Waals surface area contributed by atoms with E-state index in [2.05, 4.69) is 0 Å². The summed E-state index contributed by atoms with van der Waals surface area (Å²) in [4.78, 5) is 37.6. The summed E-state index contributed by atoms with van der Waals surface area (Å²) in [6.07, 6.45) is 1.91. The second-order valence-corrected chi connectivity index (χ2v) is 11.7. The molecule has 0 bridgehead atoms. The van der Waals surface area contributed by atoms with Crippen LogP contribution in [0.15, 0.2) is 35.2 Å². The minimum Gasteiger partial charge on any atom is -0.497 e. The summed E-state index contributed by atoms with van der Waals surface area (Å²) in [7, 11) is -2.71. The zero-order valence-electron chi connectivity index (χ0n) is 18.9. The molecule has 0 radical (unpaired) electrons. The van der Waals surface area contributed by atoms with Crippen LogP contribution in [0.3, 0.4) is 0 Å². The molecule has 2 aromatic rings. The Morgan fingerprint density at radius 2 is 1.74 bits per heavy atom. The number of Topliss-reactive ketones (excluding diaryl/α,β-unsaturated/α-hetero) is 1. The van der Waals surface area contributed by atoms with Crippen molar-refractivity contribution in [1.82, 2.24) is 9.21 Å². The molecule has 4 rings (SSSR count). The molecule has 2 aliphatic heterocycles. The van der Waals surface area contributed by atoms with Crippen molar-refractivity contribution in [2.24, 2.45) is 5.41 Å². The summed E-state index contributed by atoms with van der Waals surface area (Å²) in [5.74, 6) is 0.0106. The van der Waals surface area contributed by atoms with E-state index in [1.165, 1.54) is 41.8 Å². The number of hydrogen-bond acceptors (Lipinski definition) is 8. The predicted octanol–water partition coefficient (Wildman–Crippen LogP) is 3.18. The normalized spacial score (nSPS) is 18.2. The van der Waals surface area contributed by atoms with E-state index in [-0.39, 0.29) is 40.8 Å². The van der Waals surface area contributed by atoms with Crippen LogP contribution in [-0.4, -0.2) is 67.5 Å². The summed E-state index contributed by atoms with van der Waals surface area (Å²) in [5.41, 5.74) is -0.785. The summed E-state index contributed by atoms with van der Waals surface area (Å²) in [6.45, 7) is 2.97. The van der Waals surface area contributed by atoms with Gasteiger partial charge in [0.25, 0.3) is 11.6 Å². The molecule has 1 aromatic carbocycles. The average molecular weight is 508 g/mol. The second-order valence-electron chi connectivity index (χ2n) is 8.69. The lowest BCUT2D eigenvalue weighted by molar-refractivity contribution is -0.387. The molecule has 3 heterocycles. The largest absolute Gasteiger partial charge is 0.497 e. The van der Waals surface area contributed by atoms with Crippen LogP contribution >= 0.6 is 11.3 Å². The molecule has 1 spiro atoms. The number of likely N-dealkylation sites (tertiary alicyclic amines) is 1. The number of carbonyl (C=O) groups is 2. The molecule has 10 nitrogen and oxygen atoms in total. The number of ether oxygens (including phenoxy) is 1. The van der Waals surface area contributed by atoms with Gasteiger partial charge < -0.3 is 9.64 Å². The van der Waals surface area contributed by atoms with Crippen LogP contribution in [0.4, 0.5) is 5.69 Å². The third-order valence-corrected chi connectivity index (χ3v) is 9.73. The molecule has 1 aromatic heterocycles. The van der Waals surface area contributed by atoms with Gasteiger partial charge in [-0.15, -0.1) is 11.3 Å². The molecule has 0 saturated carbocycles. The molecule has 2 fully saturated rings. The fourth-order valence-corrected chi connectivity index (χ4v) is 7.17. The van der Waals surface area contributed by atoms with Crippen molar-refractivity contribution in [2.45, 2.75) is 31.1 Å². The molecule has 1 amide bonds. The van der Waals surface area contributed by atoms with Crippen molar-refractivity contribution in [3.63, 3.8) is 0 Å². The van der Waals surface area contributed by atoms with Gasteiger partial charge in [0, 0.05) is 26.2 Å². The molecular formula is C22H25N3O7S2.